The number of nitrogens with two attached hydrogens (primary N) is 1. The molecule has 112 valence electrons. The van der Waals surface area contributed by atoms with Crippen molar-refractivity contribution in [1.82, 2.24) is 10.4 Å². The lowest BCUT2D eigenvalue weighted by molar-refractivity contribution is 0.782. The van der Waals surface area contributed by atoms with Crippen LogP contribution in [0.25, 0.3) is 0 Å². The summed E-state index contributed by atoms with van der Waals surface area (Å²) in [6.45, 7) is 2.04. The van der Waals surface area contributed by atoms with Crippen LogP contribution in [0.2, 0.25) is 5.02 Å². The molecule has 0 bridgehead atoms. The molecule has 3 rings (SSSR count). The quantitative estimate of drug-likeness (QED) is 0.661. The van der Waals surface area contributed by atoms with E-state index < -0.39 is 0 Å². The van der Waals surface area contributed by atoms with Crippen LogP contribution in [0.3, 0.4) is 0 Å². The van der Waals surface area contributed by atoms with Crippen molar-refractivity contribution in [2.75, 3.05) is 0 Å². The Morgan fingerprint density at radius 2 is 2.14 bits per heavy atom. The molecule has 0 radical (unpaired) electrons. The Labute approximate surface area is 133 Å². The molecule has 22 heavy (non-hydrogen) atoms. The predicted octanol–water partition coefficient (Wildman–Crippen LogP) is 2.86. The fourth-order valence-corrected chi connectivity index (χ4v) is 2.58. The molecule has 1 atom stereocenters. The van der Waals surface area contributed by atoms with Crippen LogP contribution in [0.1, 0.15) is 24.6 Å². The third-order valence-electron chi connectivity index (χ3n) is 3.50. The number of aliphatic imine (C=N–C) groups is 2. The van der Waals surface area contributed by atoms with Crippen LogP contribution in [-0.4, -0.2) is 22.6 Å². The van der Waals surface area contributed by atoms with Crippen molar-refractivity contribution in [3.8, 4) is 0 Å². The topological polar surface area (TPSA) is 75.7 Å². The molecule has 2 heterocycles. The average molecular weight is 314 g/mol. The van der Waals surface area contributed by atoms with E-state index in [4.69, 9.17) is 22.4 Å². The van der Waals surface area contributed by atoms with Gasteiger partial charge in [-0.15, -0.1) is 0 Å². The molecule has 1 aromatic heterocycles. The van der Waals surface area contributed by atoms with Gasteiger partial charge >= 0.3 is 0 Å². The molecule has 0 aliphatic carbocycles. The van der Waals surface area contributed by atoms with Gasteiger partial charge < -0.3 is 5.43 Å². The highest BCUT2D eigenvalue weighted by atomic mass is 35.5. The highest BCUT2D eigenvalue weighted by Gasteiger charge is 2.22. The minimum Gasteiger partial charge on any atom is -0.310 e. The fraction of sp³-hybridized carbons (Fsp3) is 0.188. The van der Waals surface area contributed by atoms with Crippen LogP contribution in [-0.2, 0) is 0 Å². The summed E-state index contributed by atoms with van der Waals surface area (Å²) in [6, 6.07) is 11.1. The van der Waals surface area contributed by atoms with E-state index in [1.807, 2.05) is 37.3 Å². The molecule has 0 saturated carbocycles. The minimum atomic E-state index is -0.145. The van der Waals surface area contributed by atoms with Gasteiger partial charge in [0.25, 0.3) is 0 Å². The lowest BCUT2D eigenvalue weighted by Gasteiger charge is -2.12. The van der Waals surface area contributed by atoms with Crippen molar-refractivity contribution in [3.63, 3.8) is 0 Å². The van der Waals surface area contributed by atoms with Gasteiger partial charge in [-0.2, -0.15) is 0 Å². The van der Waals surface area contributed by atoms with Gasteiger partial charge in [-0.3, -0.25) is 9.98 Å². The molecule has 0 fully saturated rings. The first-order valence-electron chi connectivity index (χ1n) is 7.07. The molecular formula is C16H16ClN5. The predicted molar refractivity (Wildman–Crippen MR) is 89.8 cm³/mol. The average Bonchev–Trinajstić information content (AvgIpc) is 2.71. The van der Waals surface area contributed by atoms with E-state index in [2.05, 4.69) is 15.4 Å². The Kier molecular flexibility index (Phi) is 4.18. The number of nitrogens with zero attached hydrogens (tertiary/aromatic N) is 3. The van der Waals surface area contributed by atoms with E-state index in [0.717, 1.165) is 29.1 Å². The van der Waals surface area contributed by atoms with Gasteiger partial charge in [-0.25, -0.2) is 10.8 Å². The SMILES string of the molecule is CCC1N=C(c2ccccn2)c2cc(Cl)ccc2N=C1NN. The Balaban J connectivity index is 2.25. The lowest BCUT2D eigenvalue weighted by atomic mass is 10.0. The van der Waals surface area contributed by atoms with Gasteiger partial charge in [0.15, 0.2) is 0 Å². The maximum Gasteiger partial charge on any atom is 0.141 e. The van der Waals surface area contributed by atoms with Crippen molar-refractivity contribution in [2.24, 2.45) is 15.8 Å². The van der Waals surface area contributed by atoms with Crippen LogP contribution in [0.15, 0.2) is 52.6 Å². The van der Waals surface area contributed by atoms with E-state index in [1.165, 1.54) is 0 Å². The number of nitrogens with one attached hydrogen (secondary N) is 1. The summed E-state index contributed by atoms with van der Waals surface area (Å²) >= 11 is 6.16. The smallest absolute Gasteiger partial charge is 0.141 e. The van der Waals surface area contributed by atoms with Crippen molar-refractivity contribution in [1.29, 1.82) is 0 Å². The molecule has 1 aliphatic rings. The van der Waals surface area contributed by atoms with Gasteiger partial charge in [0.1, 0.15) is 11.9 Å². The largest absolute Gasteiger partial charge is 0.310 e. The number of aromatic nitrogens is 1. The third-order valence-corrected chi connectivity index (χ3v) is 3.73. The monoisotopic (exact) mass is 313 g/mol. The molecule has 0 saturated heterocycles. The van der Waals surface area contributed by atoms with Gasteiger partial charge in [0, 0.05) is 16.8 Å². The summed E-state index contributed by atoms with van der Waals surface area (Å²) in [6.07, 6.45) is 2.53. The maximum atomic E-state index is 6.16. The normalized spacial score (nSPS) is 17.1. The molecule has 5 nitrogen and oxygen atoms in total. The van der Waals surface area contributed by atoms with E-state index in [0.29, 0.717) is 10.9 Å². The van der Waals surface area contributed by atoms with Crippen LogP contribution >= 0.6 is 11.6 Å². The number of fused-ring (bicyclic) bond motifs is 1. The van der Waals surface area contributed by atoms with Crippen molar-refractivity contribution < 1.29 is 0 Å². The van der Waals surface area contributed by atoms with Crippen molar-refractivity contribution in [3.05, 3.63) is 58.9 Å². The molecule has 1 unspecified atom stereocenters. The summed E-state index contributed by atoms with van der Waals surface area (Å²) in [5.41, 5.74) is 5.86. The number of pyridine rings is 1. The zero-order chi connectivity index (χ0) is 15.5. The van der Waals surface area contributed by atoms with Crippen LogP contribution < -0.4 is 11.3 Å². The lowest BCUT2D eigenvalue weighted by Crippen LogP contribution is -2.38. The summed E-state index contributed by atoms with van der Waals surface area (Å²) in [7, 11) is 0. The summed E-state index contributed by atoms with van der Waals surface area (Å²) in [5.74, 6) is 6.25. The Hall–Kier alpha value is -2.24. The first-order chi connectivity index (χ1) is 10.7. The number of rotatable bonds is 2. The second-order valence-electron chi connectivity index (χ2n) is 4.92. The highest BCUT2D eigenvalue weighted by Crippen LogP contribution is 2.29. The van der Waals surface area contributed by atoms with Crippen LogP contribution in [0.5, 0.6) is 0 Å². The van der Waals surface area contributed by atoms with Crippen LogP contribution in [0, 0.1) is 0 Å². The van der Waals surface area contributed by atoms with Crippen LogP contribution in [0.4, 0.5) is 5.69 Å². The number of hydrogen-bond donors (Lipinski definition) is 2. The zero-order valence-electron chi connectivity index (χ0n) is 12.1. The minimum absolute atomic E-state index is 0.145. The second-order valence-corrected chi connectivity index (χ2v) is 5.36. The van der Waals surface area contributed by atoms with E-state index in [9.17, 15) is 0 Å². The van der Waals surface area contributed by atoms with Gasteiger partial charge in [0.05, 0.1) is 17.1 Å². The number of hydrazine groups is 1. The van der Waals surface area contributed by atoms with E-state index in [1.54, 1.807) is 12.3 Å². The molecule has 2 aromatic rings. The molecule has 1 aliphatic heterocycles. The molecule has 1 aromatic carbocycles. The number of benzene rings is 1. The second kappa shape index (κ2) is 6.25. The molecule has 3 N–H and O–H groups in total. The number of amidine groups is 1. The maximum absolute atomic E-state index is 6.16. The Morgan fingerprint density at radius 3 is 2.82 bits per heavy atom. The van der Waals surface area contributed by atoms with Crippen molar-refractivity contribution >= 4 is 28.8 Å². The van der Waals surface area contributed by atoms with Gasteiger partial charge in [-0.05, 0) is 36.8 Å². The van der Waals surface area contributed by atoms with Crippen molar-refractivity contribution in [2.45, 2.75) is 19.4 Å². The molecular weight excluding hydrogens is 298 g/mol. The molecule has 6 heteroatoms. The summed E-state index contributed by atoms with van der Waals surface area (Å²) < 4.78 is 0. The number of hydrogen-bond acceptors (Lipinski definition) is 5. The first-order valence-corrected chi connectivity index (χ1v) is 7.45. The number of halogens is 1. The van der Waals surface area contributed by atoms with Gasteiger partial charge in [0.2, 0.25) is 0 Å². The zero-order valence-corrected chi connectivity index (χ0v) is 12.9. The first kappa shape index (κ1) is 14.7. The standard InChI is InChI=1S/C16H16ClN5/c1-2-12-16(22-18)21-13-7-6-10(17)9-11(13)15(20-12)14-5-3-4-8-19-14/h3-9,12H,2,18H2,1H3,(H,21,22). The highest BCUT2D eigenvalue weighted by molar-refractivity contribution is 6.31. The molecule has 0 amide bonds. The summed E-state index contributed by atoms with van der Waals surface area (Å²) in [5, 5.41) is 0.634. The fourth-order valence-electron chi connectivity index (χ4n) is 2.41. The Bertz CT molecular complexity index is 739. The van der Waals surface area contributed by atoms with E-state index in [-0.39, 0.29) is 6.04 Å². The van der Waals surface area contributed by atoms with E-state index >= 15 is 0 Å². The third kappa shape index (κ3) is 2.73. The van der Waals surface area contributed by atoms with Gasteiger partial charge in [-0.1, -0.05) is 24.6 Å². The summed E-state index contributed by atoms with van der Waals surface area (Å²) in [4.78, 5) is 13.8. The molecule has 0 spiro atoms. The Morgan fingerprint density at radius 1 is 1.27 bits per heavy atom.